The first kappa shape index (κ1) is 24.3. The third kappa shape index (κ3) is 6.00. The minimum Gasteiger partial charge on any atom is -0.356 e. The Morgan fingerprint density at radius 3 is 2.44 bits per heavy atom. The Kier molecular flexibility index (Phi) is 7.92. The predicted octanol–water partition coefficient (Wildman–Crippen LogP) is 2.70. The molecule has 1 aromatic heterocycles. The molecule has 2 heterocycles. The summed E-state index contributed by atoms with van der Waals surface area (Å²) in [7, 11) is 0. The van der Waals surface area contributed by atoms with E-state index in [4.69, 9.17) is 0 Å². The molecule has 4 N–H and O–H groups in total. The lowest BCUT2D eigenvalue weighted by molar-refractivity contribution is -0.128. The molecule has 0 radical (unpaired) electrons. The van der Waals surface area contributed by atoms with Crippen LogP contribution < -0.4 is 16.0 Å². The van der Waals surface area contributed by atoms with Crippen LogP contribution in [0.4, 0.5) is 0 Å². The summed E-state index contributed by atoms with van der Waals surface area (Å²) in [6, 6.07) is 7.68. The SMILES string of the molecule is O=C(N[C@@H](CC1CCCCC1)C(=O)N[C@@H](C[C@@H]1CCNC1=O)C(=O)S)c1cc2ccccc2[nH]1. The summed E-state index contributed by atoms with van der Waals surface area (Å²) in [5.41, 5.74) is 1.23. The van der Waals surface area contributed by atoms with E-state index in [1.54, 1.807) is 6.07 Å². The number of para-hydroxylation sites is 1. The van der Waals surface area contributed by atoms with E-state index < -0.39 is 23.1 Å². The average molecular weight is 485 g/mol. The first-order valence-corrected chi connectivity index (χ1v) is 12.5. The van der Waals surface area contributed by atoms with Crippen LogP contribution in [0, 0.1) is 11.8 Å². The van der Waals surface area contributed by atoms with Gasteiger partial charge in [0.05, 0.1) is 6.04 Å². The number of rotatable bonds is 9. The van der Waals surface area contributed by atoms with Crippen molar-refractivity contribution in [1.29, 1.82) is 0 Å². The van der Waals surface area contributed by atoms with Crippen LogP contribution in [0.5, 0.6) is 0 Å². The van der Waals surface area contributed by atoms with Crippen LogP contribution in [0.25, 0.3) is 10.9 Å². The Hall–Kier alpha value is -2.81. The molecule has 1 saturated heterocycles. The van der Waals surface area contributed by atoms with Crippen molar-refractivity contribution in [1.82, 2.24) is 20.9 Å². The van der Waals surface area contributed by atoms with Crippen molar-refractivity contribution in [3.8, 4) is 0 Å². The van der Waals surface area contributed by atoms with Gasteiger partial charge in [-0.2, -0.15) is 0 Å². The fourth-order valence-electron chi connectivity index (χ4n) is 5.07. The minimum atomic E-state index is -0.886. The van der Waals surface area contributed by atoms with Gasteiger partial charge in [-0.15, -0.1) is 12.6 Å². The summed E-state index contributed by atoms with van der Waals surface area (Å²) >= 11 is 3.95. The number of aromatic nitrogens is 1. The number of amides is 3. The Morgan fingerprint density at radius 2 is 1.76 bits per heavy atom. The fourth-order valence-corrected chi connectivity index (χ4v) is 5.24. The van der Waals surface area contributed by atoms with E-state index in [0.717, 1.165) is 36.6 Å². The van der Waals surface area contributed by atoms with Gasteiger partial charge in [-0.05, 0) is 37.3 Å². The maximum atomic E-state index is 13.3. The number of carbonyl (C=O) groups is 4. The van der Waals surface area contributed by atoms with E-state index in [9.17, 15) is 19.2 Å². The zero-order chi connectivity index (χ0) is 24.1. The van der Waals surface area contributed by atoms with Crippen LogP contribution in [-0.4, -0.2) is 46.4 Å². The van der Waals surface area contributed by atoms with Crippen molar-refractivity contribution in [2.45, 2.75) is 63.5 Å². The lowest BCUT2D eigenvalue weighted by Crippen LogP contribution is -2.52. The summed E-state index contributed by atoms with van der Waals surface area (Å²) < 4.78 is 0. The number of hydrogen-bond donors (Lipinski definition) is 5. The summed E-state index contributed by atoms with van der Waals surface area (Å²) in [4.78, 5) is 53.6. The molecule has 34 heavy (non-hydrogen) atoms. The molecule has 9 heteroatoms. The Balaban J connectivity index is 1.47. The molecule has 2 fully saturated rings. The van der Waals surface area contributed by atoms with Crippen molar-refractivity contribution in [3.63, 3.8) is 0 Å². The van der Waals surface area contributed by atoms with Crippen molar-refractivity contribution in [3.05, 3.63) is 36.0 Å². The van der Waals surface area contributed by atoms with E-state index in [1.165, 1.54) is 6.42 Å². The third-order valence-corrected chi connectivity index (χ3v) is 7.30. The molecule has 3 amide bonds. The molecule has 182 valence electrons. The van der Waals surface area contributed by atoms with Gasteiger partial charge in [0.25, 0.3) is 5.91 Å². The maximum absolute atomic E-state index is 13.3. The smallest absolute Gasteiger partial charge is 0.268 e. The molecule has 0 bridgehead atoms. The van der Waals surface area contributed by atoms with Gasteiger partial charge < -0.3 is 20.9 Å². The first-order chi connectivity index (χ1) is 16.4. The molecule has 2 aromatic rings. The summed E-state index contributed by atoms with van der Waals surface area (Å²) in [5, 5.41) is 8.83. The molecule has 2 aliphatic rings. The molecule has 1 saturated carbocycles. The van der Waals surface area contributed by atoms with Crippen LogP contribution in [0.15, 0.2) is 30.3 Å². The number of aromatic amines is 1. The van der Waals surface area contributed by atoms with Crippen molar-refractivity contribution >= 4 is 46.4 Å². The second kappa shape index (κ2) is 11.1. The van der Waals surface area contributed by atoms with E-state index in [1.807, 2.05) is 24.3 Å². The topological polar surface area (TPSA) is 120 Å². The van der Waals surface area contributed by atoms with Crippen LogP contribution in [0.1, 0.15) is 61.9 Å². The highest BCUT2D eigenvalue weighted by molar-refractivity contribution is 7.96. The van der Waals surface area contributed by atoms with Gasteiger partial charge in [-0.25, -0.2) is 0 Å². The standard InChI is InChI=1S/C25H32N4O4S/c30-22-17(10-11-26-22)14-21(25(33)34)29-23(31)19(12-15-6-2-1-3-7-15)28-24(32)20-13-16-8-4-5-9-18(16)27-20/h4-5,8-9,13,15,17,19,21,27H,1-3,6-7,10-12,14H2,(H,26,30)(H,28,32)(H,29,31)(H,33,34)/t17-,19-,21-/m0/s1. The number of benzene rings is 1. The second-order valence-corrected chi connectivity index (χ2v) is 9.89. The van der Waals surface area contributed by atoms with E-state index in [0.29, 0.717) is 31.0 Å². The summed E-state index contributed by atoms with van der Waals surface area (Å²) in [6.07, 6.45) is 6.78. The monoisotopic (exact) mass is 484 g/mol. The molecule has 1 aliphatic carbocycles. The fraction of sp³-hybridized carbons (Fsp3) is 0.520. The second-order valence-electron chi connectivity index (χ2n) is 9.45. The van der Waals surface area contributed by atoms with E-state index >= 15 is 0 Å². The number of hydrogen-bond acceptors (Lipinski definition) is 4. The molecule has 3 atom stereocenters. The van der Waals surface area contributed by atoms with E-state index in [2.05, 4.69) is 33.6 Å². The molecular formula is C25H32N4O4S. The largest absolute Gasteiger partial charge is 0.356 e. The number of nitrogens with one attached hydrogen (secondary N) is 4. The van der Waals surface area contributed by atoms with Gasteiger partial charge in [0.15, 0.2) is 0 Å². The Bertz CT molecular complexity index is 1030. The minimum absolute atomic E-state index is 0.111. The average Bonchev–Trinajstić information content (AvgIpc) is 3.44. The van der Waals surface area contributed by atoms with Crippen molar-refractivity contribution in [2.24, 2.45) is 11.8 Å². The highest BCUT2D eigenvalue weighted by Gasteiger charge is 2.33. The lowest BCUT2D eigenvalue weighted by Gasteiger charge is -2.28. The first-order valence-electron chi connectivity index (χ1n) is 12.1. The van der Waals surface area contributed by atoms with Crippen LogP contribution in [0.3, 0.4) is 0 Å². The third-order valence-electron chi connectivity index (χ3n) is 6.99. The van der Waals surface area contributed by atoms with Gasteiger partial charge >= 0.3 is 0 Å². The van der Waals surface area contributed by atoms with Gasteiger partial charge in [0, 0.05) is 23.4 Å². The number of thiol groups is 1. The van der Waals surface area contributed by atoms with Gasteiger partial charge in [-0.3, -0.25) is 19.2 Å². The lowest BCUT2D eigenvalue weighted by atomic mass is 9.84. The van der Waals surface area contributed by atoms with Crippen LogP contribution in [-0.2, 0) is 14.4 Å². The highest BCUT2D eigenvalue weighted by Crippen LogP contribution is 2.28. The van der Waals surface area contributed by atoms with Gasteiger partial charge in [0.2, 0.25) is 16.9 Å². The Morgan fingerprint density at radius 1 is 1.00 bits per heavy atom. The summed E-state index contributed by atoms with van der Waals surface area (Å²) in [6.45, 7) is 0.565. The normalized spacial score (nSPS) is 20.5. The predicted molar refractivity (Wildman–Crippen MR) is 132 cm³/mol. The molecule has 1 aromatic carbocycles. The number of fused-ring (bicyclic) bond motifs is 1. The van der Waals surface area contributed by atoms with Crippen LogP contribution >= 0.6 is 12.6 Å². The molecule has 0 spiro atoms. The van der Waals surface area contributed by atoms with Crippen molar-refractivity contribution < 1.29 is 19.2 Å². The number of H-pyrrole nitrogens is 1. The van der Waals surface area contributed by atoms with E-state index in [-0.39, 0.29) is 24.2 Å². The van der Waals surface area contributed by atoms with Gasteiger partial charge in [0.1, 0.15) is 11.7 Å². The summed E-state index contributed by atoms with van der Waals surface area (Å²) in [5.74, 6) is -0.894. The molecule has 0 unspecified atom stereocenters. The molecule has 1 aliphatic heterocycles. The Labute approximate surface area is 204 Å². The molecule has 4 rings (SSSR count). The molecular weight excluding hydrogens is 452 g/mol. The maximum Gasteiger partial charge on any atom is 0.268 e. The number of carbonyl (C=O) groups excluding carboxylic acids is 4. The zero-order valence-electron chi connectivity index (χ0n) is 19.1. The van der Waals surface area contributed by atoms with Crippen LogP contribution in [0.2, 0.25) is 0 Å². The van der Waals surface area contributed by atoms with Crippen molar-refractivity contribution in [2.75, 3.05) is 6.54 Å². The molecule has 8 nitrogen and oxygen atoms in total. The zero-order valence-corrected chi connectivity index (χ0v) is 20.0. The highest BCUT2D eigenvalue weighted by atomic mass is 32.1. The quantitative estimate of drug-likeness (QED) is 0.352. The van der Waals surface area contributed by atoms with Gasteiger partial charge in [-0.1, -0.05) is 50.3 Å².